The minimum absolute atomic E-state index is 0.263. The maximum absolute atomic E-state index is 5.50. The van der Waals surface area contributed by atoms with Gasteiger partial charge in [-0.25, -0.2) is 9.97 Å². The van der Waals surface area contributed by atoms with Crippen LogP contribution in [0.15, 0.2) is 12.4 Å². The van der Waals surface area contributed by atoms with Gasteiger partial charge in [0.1, 0.15) is 0 Å². The van der Waals surface area contributed by atoms with Crippen LogP contribution in [0.2, 0.25) is 0 Å². The molecule has 0 bridgehead atoms. The molecule has 2 N–H and O–H groups in total. The van der Waals surface area contributed by atoms with Gasteiger partial charge >= 0.3 is 0 Å². The van der Waals surface area contributed by atoms with E-state index in [4.69, 9.17) is 10.5 Å². The fraction of sp³-hybridized carbons (Fsp3) is 0.636. The van der Waals surface area contributed by atoms with Gasteiger partial charge in [-0.1, -0.05) is 0 Å². The van der Waals surface area contributed by atoms with Crippen LogP contribution >= 0.6 is 0 Å². The molecule has 1 unspecified atom stereocenters. The molecule has 1 heterocycles. The lowest BCUT2D eigenvalue weighted by molar-refractivity contribution is 0.181. The summed E-state index contributed by atoms with van der Waals surface area (Å²) in [5.41, 5.74) is 6.45. The van der Waals surface area contributed by atoms with Gasteiger partial charge in [0.05, 0.1) is 12.6 Å². The number of hydrogen-bond donors (Lipinski definition) is 1. The first-order valence-electron chi connectivity index (χ1n) is 5.49. The molecule has 0 aliphatic rings. The average molecular weight is 224 g/mol. The minimum Gasteiger partial charge on any atom is -0.383 e. The lowest BCUT2D eigenvalue weighted by Crippen LogP contribution is -2.37. The number of anilines is 1. The zero-order chi connectivity index (χ0) is 12.0. The van der Waals surface area contributed by atoms with Crippen molar-refractivity contribution in [2.75, 3.05) is 25.2 Å². The minimum atomic E-state index is 0.263. The second kappa shape index (κ2) is 6.40. The van der Waals surface area contributed by atoms with Crippen LogP contribution in [0.5, 0.6) is 0 Å². The maximum Gasteiger partial charge on any atom is 0.225 e. The molecule has 90 valence electrons. The fourth-order valence-electron chi connectivity index (χ4n) is 1.58. The summed E-state index contributed by atoms with van der Waals surface area (Å²) in [4.78, 5) is 10.7. The van der Waals surface area contributed by atoms with Crippen molar-refractivity contribution in [2.45, 2.75) is 26.4 Å². The summed E-state index contributed by atoms with van der Waals surface area (Å²) < 4.78 is 5.14. The van der Waals surface area contributed by atoms with E-state index in [-0.39, 0.29) is 6.04 Å². The van der Waals surface area contributed by atoms with Crippen LogP contribution in [0.25, 0.3) is 0 Å². The van der Waals surface area contributed by atoms with Gasteiger partial charge in [0.2, 0.25) is 5.95 Å². The van der Waals surface area contributed by atoms with Crippen molar-refractivity contribution < 1.29 is 4.74 Å². The number of methoxy groups -OCH3 is 1. The lowest BCUT2D eigenvalue weighted by Gasteiger charge is -2.27. The summed E-state index contributed by atoms with van der Waals surface area (Å²) in [6.07, 6.45) is 3.54. The molecule has 16 heavy (non-hydrogen) atoms. The molecule has 1 atom stereocenters. The van der Waals surface area contributed by atoms with E-state index in [0.717, 1.165) is 18.1 Å². The first kappa shape index (κ1) is 12.9. The van der Waals surface area contributed by atoms with Gasteiger partial charge in [-0.05, 0) is 13.8 Å². The van der Waals surface area contributed by atoms with E-state index >= 15 is 0 Å². The van der Waals surface area contributed by atoms with Crippen LogP contribution in [-0.2, 0) is 11.3 Å². The summed E-state index contributed by atoms with van der Waals surface area (Å²) in [5, 5.41) is 0. The van der Waals surface area contributed by atoms with E-state index in [1.54, 1.807) is 19.5 Å². The molecule has 0 saturated carbocycles. The smallest absolute Gasteiger partial charge is 0.225 e. The van der Waals surface area contributed by atoms with Crippen molar-refractivity contribution in [1.82, 2.24) is 9.97 Å². The molecule has 0 amide bonds. The van der Waals surface area contributed by atoms with Crippen molar-refractivity contribution in [3.63, 3.8) is 0 Å². The normalized spacial score (nSPS) is 12.5. The van der Waals surface area contributed by atoms with Crippen LogP contribution < -0.4 is 10.6 Å². The summed E-state index contributed by atoms with van der Waals surface area (Å²) in [6.45, 7) is 6.15. The largest absolute Gasteiger partial charge is 0.383 e. The Balaban J connectivity index is 2.78. The number of aromatic nitrogens is 2. The third-order valence-electron chi connectivity index (χ3n) is 2.46. The van der Waals surface area contributed by atoms with Gasteiger partial charge < -0.3 is 15.4 Å². The molecule has 5 heteroatoms. The second-order valence-corrected chi connectivity index (χ2v) is 3.69. The zero-order valence-corrected chi connectivity index (χ0v) is 10.2. The number of hydrogen-bond acceptors (Lipinski definition) is 5. The summed E-state index contributed by atoms with van der Waals surface area (Å²) in [6, 6.07) is 0.263. The molecule has 1 rings (SSSR count). The Morgan fingerprint density at radius 3 is 2.50 bits per heavy atom. The molecule has 0 aromatic carbocycles. The first-order chi connectivity index (χ1) is 7.72. The molecule has 0 spiro atoms. The lowest BCUT2D eigenvalue weighted by atomic mass is 10.3. The van der Waals surface area contributed by atoms with Crippen LogP contribution in [-0.4, -0.2) is 36.3 Å². The molecule has 0 aliphatic carbocycles. The summed E-state index contributed by atoms with van der Waals surface area (Å²) in [5.74, 6) is 0.726. The van der Waals surface area contributed by atoms with Crippen molar-refractivity contribution in [1.29, 1.82) is 0 Å². The number of nitrogens with zero attached hydrogens (tertiary/aromatic N) is 3. The average Bonchev–Trinajstić information content (AvgIpc) is 2.31. The van der Waals surface area contributed by atoms with E-state index in [1.807, 2.05) is 0 Å². The monoisotopic (exact) mass is 224 g/mol. The van der Waals surface area contributed by atoms with E-state index in [0.29, 0.717) is 13.2 Å². The predicted octanol–water partition coefficient (Wildman–Crippen LogP) is 0.796. The quantitative estimate of drug-likeness (QED) is 0.774. The number of likely N-dealkylation sites (N-methyl/N-ethyl adjacent to an activating group) is 1. The molecule has 1 aromatic heterocycles. The Hall–Kier alpha value is -1.20. The van der Waals surface area contributed by atoms with Gasteiger partial charge in [0.15, 0.2) is 0 Å². The highest BCUT2D eigenvalue weighted by atomic mass is 16.5. The van der Waals surface area contributed by atoms with Crippen LogP contribution in [0.1, 0.15) is 19.4 Å². The zero-order valence-electron chi connectivity index (χ0n) is 10.2. The van der Waals surface area contributed by atoms with Gasteiger partial charge in [0, 0.05) is 38.2 Å². The highest BCUT2D eigenvalue weighted by Crippen LogP contribution is 2.10. The third-order valence-corrected chi connectivity index (χ3v) is 2.46. The molecule has 5 nitrogen and oxygen atoms in total. The molecular weight excluding hydrogens is 204 g/mol. The van der Waals surface area contributed by atoms with E-state index in [2.05, 4.69) is 28.7 Å². The topological polar surface area (TPSA) is 64.3 Å². The predicted molar refractivity (Wildman–Crippen MR) is 64.3 cm³/mol. The van der Waals surface area contributed by atoms with Crippen molar-refractivity contribution in [2.24, 2.45) is 5.73 Å². The van der Waals surface area contributed by atoms with Gasteiger partial charge in [-0.15, -0.1) is 0 Å². The third kappa shape index (κ3) is 3.15. The van der Waals surface area contributed by atoms with E-state index in [9.17, 15) is 0 Å². The van der Waals surface area contributed by atoms with E-state index in [1.165, 1.54) is 0 Å². The van der Waals surface area contributed by atoms with Gasteiger partial charge in [-0.3, -0.25) is 0 Å². The Morgan fingerprint density at radius 1 is 1.44 bits per heavy atom. The number of rotatable bonds is 6. The van der Waals surface area contributed by atoms with Gasteiger partial charge in [0.25, 0.3) is 0 Å². The molecule has 0 saturated heterocycles. The van der Waals surface area contributed by atoms with Crippen molar-refractivity contribution >= 4 is 5.95 Å². The summed E-state index contributed by atoms with van der Waals surface area (Å²) >= 11 is 0. The van der Waals surface area contributed by atoms with Crippen LogP contribution in [0.4, 0.5) is 5.95 Å². The second-order valence-electron chi connectivity index (χ2n) is 3.69. The van der Waals surface area contributed by atoms with Crippen LogP contribution in [0.3, 0.4) is 0 Å². The van der Waals surface area contributed by atoms with E-state index < -0.39 is 0 Å². The Kier molecular flexibility index (Phi) is 5.14. The Bertz CT molecular complexity index is 301. The SMILES string of the molecule is CCN(c1ncc(CN)cn1)C(C)COC. The standard InChI is InChI=1S/C11H20N4O/c1-4-15(9(2)8-16-3)11-13-6-10(5-12)7-14-11/h6-7,9H,4-5,8,12H2,1-3H3. The maximum atomic E-state index is 5.50. The number of ether oxygens (including phenoxy) is 1. The van der Waals surface area contributed by atoms with Crippen molar-refractivity contribution in [3.05, 3.63) is 18.0 Å². The highest BCUT2D eigenvalue weighted by Gasteiger charge is 2.14. The Morgan fingerprint density at radius 2 is 2.06 bits per heavy atom. The molecule has 0 radical (unpaired) electrons. The summed E-state index contributed by atoms with van der Waals surface area (Å²) in [7, 11) is 1.70. The van der Waals surface area contributed by atoms with Crippen LogP contribution in [0, 0.1) is 0 Å². The van der Waals surface area contributed by atoms with Crippen molar-refractivity contribution in [3.8, 4) is 0 Å². The van der Waals surface area contributed by atoms with Gasteiger partial charge in [-0.2, -0.15) is 0 Å². The Labute approximate surface area is 96.6 Å². The number of nitrogens with two attached hydrogens (primary N) is 1. The first-order valence-corrected chi connectivity index (χ1v) is 5.49. The highest BCUT2D eigenvalue weighted by molar-refractivity contribution is 5.31. The molecule has 0 aliphatic heterocycles. The molecule has 0 fully saturated rings. The fourth-order valence-corrected chi connectivity index (χ4v) is 1.58. The molecule has 1 aromatic rings. The molecular formula is C11H20N4O.